The number of hydrogen-bond acceptors (Lipinski definition) is 3. The van der Waals surface area contributed by atoms with Gasteiger partial charge in [-0.1, -0.05) is 18.9 Å². The number of aromatic carboxylic acids is 1. The molecule has 2 bridgehead atoms. The maximum atomic E-state index is 11.6. The molecule has 0 amide bonds. The number of carboxylic acid groups (broad SMARTS) is 1. The third-order valence-corrected chi connectivity index (χ3v) is 6.50. The van der Waals surface area contributed by atoms with Gasteiger partial charge in [-0.05, 0) is 62.5 Å². The van der Waals surface area contributed by atoms with Crippen LogP contribution in [0.15, 0.2) is 18.2 Å². The molecule has 1 saturated carbocycles. The summed E-state index contributed by atoms with van der Waals surface area (Å²) in [4.78, 5) is 13.7. The van der Waals surface area contributed by atoms with E-state index < -0.39 is 11.6 Å². The first-order valence-corrected chi connectivity index (χ1v) is 8.27. The second-order valence-electron chi connectivity index (χ2n) is 7.34. The molecule has 2 N–H and O–H groups in total. The van der Waals surface area contributed by atoms with E-state index in [1.807, 2.05) is 12.1 Å². The predicted octanol–water partition coefficient (Wildman–Crippen LogP) is 2.19. The molecule has 0 aromatic heterocycles. The number of fused-ring (bicyclic) bond motifs is 1. The molecular formula is C18H23NO3. The Morgan fingerprint density at radius 2 is 2.05 bits per heavy atom. The maximum absolute atomic E-state index is 11.6. The van der Waals surface area contributed by atoms with Crippen LogP contribution in [0, 0.1) is 0 Å². The molecule has 2 aliphatic carbocycles. The first-order valence-electron chi connectivity index (χ1n) is 8.27. The van der Waals surface area contributed by atoms with Crippen molar-refractivity contribution in [2.24, 2.45) is 0 Å². The van der Waals surface area contributed by atoms with Crippen LogP contribution in [-0.2, 0) is 11.8 Å². The lowest BCUT2D eigenvalue weighted by Gasteiger charge is -2.63. The lowest BCUT2D eigenvalue weighted by atomic mass is 9.49. The predicted molar refractivity (Wildman–Crippen MR) is 83.2 cm³/mol. The van der Waals surface area contributed by atoms with Gasteiger partial charge >= 0.3 is 5.97 Å². The minimum absolute atomic E-state index is 0.157. The number of rotatable bonds is 1. The van der Waals surface area contributed by atoms with E-state index in [9.17, 15) is 15.0 Å². The van der Waals surface area contributed by atoms with Crippen molar-refractivity contribution in [3.8, 4) is 0 Å². The summed E-state index contributed by atoms with van der Waals surface area (Å²) < 4.78 is 0. The van der Waals surface area contributed by atoms with Crippen LogP contribution < -0.4 is 0 Å². The SMILES string of the molecule is CN1CC[C@]23CCCC[C@@]2(O)[C@H]1Cc1ccc(C(=O)O)cc13. The molecule has 1 heterocycles. The summed E-state index contributed by atoms with van der Waals surface area (Å²) >= 11 is 0. The summed E-state index contributed by atoms with van der Waals surface area (Å²) in [5.74, 6) is -0.881. The zero-order valence-corrected chi connectivity index (χ0v) is 13.0. The number of nitrogens with zero attached hydrogens (tertiary/aromatic N) is 1. The molecule has 4 rings (SSSR count). The molecule has 4 heteroatoms. The van der Waals surface area contributed by atoms with Gasteiger partial charge in [0, 0.05) is 11.5 Å². The number of likely N-dealkylation sites (tertiary alicyclic amines) is 1. The second kappa shape index (κ2) is 4.56. The summed E-state index contributed by atoms with van der Waals surface area (Å²) in [5.41, 5.74) is 1.73. The fourth-order valence-electron chi connectivity index (χ4n) is 5.36. The molecule has 0 unspecified atom stereocenters. The van der Waals surface area contributed by atoms with Crippen LogP contribution in [0.3, 0.4) is 0 Å². The number of likely N-dealkylation sites (N-methyl/N-ethyl adjacent to an activating group) is 1. The molecule has 4 nitrogen and oxygen atoms in total. The molecule has 1 aromatic carbocycles. The molecule has 1 aliphatic heterocycles. The molecule has 3 aliphatic rings. The van der Waals surface area contributed by atoms with Crippen LogP contribution in [0.4, 0.5) is 0 Å². The van der Waals surface area contributed by atoms with E-state index in [0.29, 0.717) is 5.56 Å². The van der Waals surface area contributed by atoms with E-state index in [-0.39, 0.29) is 11.5 Å². The summed E-state index contributed by atoms with van der Waals surface area (Å²) in [6.07, 6.45) is 5.74. The summed E-state index contributed by atoms with van der Waals surface area (Å²) in [6, 6.07) is 5.68. The normalized spacial score (nSPS) is 37.3. The van der Waals surface area contributed by atoms with Crippen molar-refractivity contribution in [1.29, 1.82) is 0 Å². The molecular weight excluding hydrogens is 278 g/mol. The summed E-state index contributed by atoms with van der Waals surface area (Å²) in [5, 5.41) is 21.0. The van der Waals surface area contributed by atoms with Gasteiger partial charge in [-0.2, -0.15) is 0 Å². The van der Waals surface area contributed by atoms with Gasteiger partial charge in [0.15, 0.2) is 0 Å². The number of aliphatic hydroxyl groups is 1. The Morgan fingerprint density at radius 3 is 2.82 bits per heavy atom. The first-order chi connectivity index (χ1) is 10.5. The zero-order valence-electron chi connectivity index (χ0n) is 13.0. The standard InChI is InChI=1S/C18H23NO3/c1-19-9-8-17-6-2-3-7-18(17,22)15(19)11-12-4-5-13(16(20)21)10-14(12)17/h4-5,10,15,22H,2-3,6-9,11H2,1H3,(H,20,21)/t15-,17+,18-/m1/s1. The van der Waals surface area contributed by atoms with Gasteiger partial charge in [0.2, 0.25) is 0 Å². The molecule has 2 fully saturated rings. The lowest BCUT2D eigenvalue weighted by molar-refractivity contribution is -0.160. The van der Waals surface area contributed by atoms with Crippen LogP contribution in [0.5, 0.6) is 0 Å². The topological polar surface area (TPSA) is 60.8 Å². The fraction of sp³-hybridized carbons (Fsp3) is 0.611. The maximum Gasteiger partial charge on any atom is 0.335 e. The van der Waals surface area contributed by atoms with Crippen molar-refractivity contribution in [3.05, 3.63) is 34.9 Å². The van der Waals surface area contributed by atoms with Crippen molar-refractivity contribution in [2.75, 3.05) is 13.6 Å². The monoisotopic (exact) mass is 301 g/mol. The van der Waals surface area contributed by atoms with Crippen LogP contribution in [0.25, 0.3) is 0 Å². The van der Waals surface area contributed by atoms with Gasteiger partial charge in [-0.15, -0.1) is 0 Å². The Labute approximate surface area is 130 Å². The molecule has 118 valence electrons. The Kier molecular flexibility index (Phi) is 2.94. The van der Waals surface area contributed by atoms with Gasteiger partial charge in [0.05, 0.1) is 11.2 Å². The average molecular weight is 301 g/mol. The molecule has 22 heavy (non-hydrogen) atoms. The number of piperidine rings is 1. The van der Waals surface area contributed by atoms with Crippen LogP contribution in [-0.4, -0.2) is 46.3 Å². The van der Waals surface area contributed by atoms with Gasteiger partial charge in [0.25, 0.3) is 0 Å². The van der Waals surface area contributed by atoms with Gasteiger partial charge in [-0.3, -0.25) is 0 Å². The molecule has 1 saturated heterocycles. The molecule has 1 aromatic rings. The largest absolute Gasteiger partial charge is 0.478 e. The van der Waals surface area contributed by atoms with Crippen LogP contribution >= 0.6 is 0 Å². The highest BCUT2D eigenvalue weighted by atomic mass is 16.4. The van der Waals surface area contributed by atoms with E-state index in [1.165, 1.54) is 5.56 Å². The molecule has 0 spiro atoms. The van der Waals surface area contributed by atoms with E-state index in [2.05, 4.69) is 11.9 Å². The third-order valence-electron chi connectivity index (χ3n) is 6.50. The van der Waals surface area contributed by atoms with E-state index >= 15 is 0 Å². The minimum Gasteiger partial charge on any atom is -0.478 e. The zero-order chi connectivity index (χ0) is 15.5. The number of carboxylic acids is 1. The highest BCUT2D eigenvalue weighted by Crippen LogP contribution is 2.57. The second-order valence-corrected chi connectivity index (χ2v) is 7.34. The Bertz CT molecular complexity index is 643. The van der Waals surface area contributed by atoms with Crippen LogP contribution in [0.2, 0.25) is 0 Å². The van der Waals surface area contributed by atoms with Gasteiger partial charge < -0.3 is 15.1 Å². The summed E-state index contributed by atoms with van der Waals surface area (Å²) in [7, 11) is 2.11. The van der Waals surface area contributed by atoms with E-state index in [0.717, 1.165) is 50.6 Å². The lowest BCUT2D eigenvalue weighted by Crippen LogP contribution is -2.71. The van der Waals surface area contributed by atoms with Gasteiger partial charge in [-0.25, -0.2) is 4.79 Å². The smallest absolute Gasteiger partial charge is 0.335 e. The highest BCUT2D eigenvalue weighted by Gasteiger charge is 2.62. The third kappa shape index (κ3) is 1.62. The van der Waals surface area contributed by atoms with Crippen molar-refractivity contribution < 1.29 is 15.0 Å². The molecule has 3 atom stereocenters. The Balaban J connectivity index is 1.94. The van der Waals surface area contributed by atoms with Crippen molar-refractivity contribution in [3.63, 3.8) is 0 Å². The van der Waals surface area contributed by atoms with Crippen molar-refractivity contribution >= 4 is 5.97 Å². The number of hydrogen-bond donors (Lipinski definition) is 2. The van der Waals surface area contributed by atoms with Crippen molar-refractivity contribution in [1.82, 2.24) is 4.90 Å². The average Bonchev–Trinajstić information content (AvgIpc) is 2.50. The van der Waals surface area contributed by atoms with Gasteiger partial charge in [0.1, 0.15) is 0 Å². The minimum atomic E-state index is -0.881. The fourth-order valence-corrected chi connectivity index (χ4v) is 5.36. The van der Waals surface area contributed by atoms with Crippen LogP contribution in [0.1, 0.15) is 53.6 Å². The summed E-state index contributed by atoms with van der Waals surface area (Å²) in [6.45, 7) is 0.976. The Hall–Kier alpha value is -1.39. The quantitative estimate of drug-likeness (QED) is 0.835. The highest BCUT2D eigenvalue weighted by molar-refractivity contribution is 5.88. The molecule has 0 radical (unpaired) electrons. The number of carbonyl (C=O) groups is 1. The van der Waals surface area contributed by atoms with Crippen molar-refractivity contribution in [2.45, 2.75) is 55.6 Å². The Morgan fingerprint density at radius 1 is 1.27 bits per heavy atom. The van der Waals surface area contributed by atoms with E-state index in [1.54, 1.807) is 6.07 Å². The number of benzene rings is 1. The first kappa shape index (κ1) is 14.2. The van der Waals surface area contributed by atoms with E-state index in [4.69, 9.17) is 0 Å².